The maximum Gasteiger partial charge on any atom is 0.252 e. The van der Waals surface area contributed by atoms with Crippen LogP contribution in [-0.2, 0) is 0 Å². The molecule has 0 fully saturated rings. The largest absolute Gasteiger partial charge is 0.372 e. The molecular weight excluding hydrogens is 282 g/mol. The molecular formula is C13H20ClN3OS. The number of hydrogen-bond acceptors (Lipinski definition) is 4. The summed E-state index contributed by atoms with van der Waals surface area (Å²) in [4.78, 5) is 15.9. The number of rotatable bonds is 8. The van der Waals surface area contributed by atoms with Gasteiger partial charge in [-0.1, -0.05) is 18.0 Å². The monoisotopic (exact) mass is 301 g/mol. The number of carbonyl (C=O) groups excluding carboxylic acids is 1. The van der Waals surface area contributed by atoms with Crippen LogP contribution >= 0.6 is 23.4 Å². The summed E-state index contributed by atoms with van der Waals surface area (Å²) in [6, 6.07) is 1.63. The van der Waals surface area contributed by atoms with Gasteiger partial charge < -0.3 is 10.6 Å². The molecule has 0 aliphatic carbocycles. The second kappa shape index (κ2) is 9.04. The summed E-state index contributed by atoms with van der Waals surface area (Å²) < 4.78 is 0. The van der Waals surface area contributed by atoms with Crippen LogP contribution in [-0.4, -0.2) is 36.5 Å². The van der Waals surface area contributed by atoms with E-state index in [4.69, 9.17) is 11.6 Å². The Hall–Kier alpha value is -0.940. The van der Waals surface area contributed by atoms with Crippen molar-refractivity contribution in [2.75, 3.05) is 30.9 Å². The molecule has 0 aliphatic rings. The number of nitrogens with zero attached hydrogens (tertiary/aromatic N) is 1. The van der Waals surface area contributed by atoms with Gasteiger partial charge in [0.15, 0.2) is 0 Å². The molecule has 1 aromatic rings. The Kier molecular flexibility index (Phi) is 7.67. The molecule has 0 unspecified atom stereocenters. The van der Waals surface area contributed by atoms with Crippen molar-refractivity contribution in [2.45, 2.75) is 19.3 Å². The first-order valence-corrected chi connectivity index (χ1v) is 8.06. The van der Waals surface area contributed by atoms with Gasteiger partial charge in [-0.05, 0) is 30.9 Å². The van der Waals surface area contributed by atoms with Crippen molar-refractivity contribution in [2.24, 2.45) is 0 Å². The minimum atomic E-state index is -0.123. The number of thioether (sulfide) groups is 1. The molecule has 0 radical (unpaired) electrons. The Morgan fingerprint density at radius 3 is 2.84 bits per heavy atom. The van der Waals surface area contributed by atoms with E-state index in [-0.39, 0.29) is 5.91 Å². The van der Waals surface area contributed by atoms with Crippen LogP contribution in [0.25, 0.3) is 0 Å². The van der Waals surface area contributed by atoms with Gasteiger partial charge in [0.1, 0.15) is 5.82 Å². The van der Waals surface area contributed by atoms with Crippen molar-refractivity contribution < 1.29 is 4.79 Å². The van der Waals surface area contributed by atoms with Gasteiger partial charge in [0.05, 0.1) is 10.6 Å². The zero-order valence-corrected chi connectivity index (χ0v) is 12.9. The van der Waals surface area contributed by atoms with Crippen LogP contribution in [0.2, 0.25) is 5.02 Å². The van der Waals surface area contributed by atoms with E-state index in [9.17, 15) is 4.79 Å². The van der Waals surface area contributed by atoms with Crippen LogP contribution in [0.4, 0.5) is 5.82 Å². The van der Waals surface area contributed by atoms with Gasteiger partial charge >= 0.3 is 0 Å². The van der Waals surface area contributed by atoms with Crippen molar-refractivity contribution >= 4 is 35.1 Å². The van der Waals surface area contributed by atoms with E-state index in [0.29, 0.717) is 22.9 Å². The molecule has 0 saturated heterocycles. The molecule has 6 heteroatoms. The third kappa shape index (κ3) is 5.70. The smallest absolute Gasteiger partial charge is 0.252 e. The molecule has 1 heterocycles. The minimum absolute atomic E-state index is 0.123. The van der Waals surface area contributed by atoms with Crippen molar-refractivity contribution in [3.05, 3.63) is 22.8 Å². The first-order valence-electron chi connectivity index (χ1n) is 6.29. The van der Waals surface area contributed by atoms with Crippen LogP contribution in [0.1, 0.15) is 29.6 Å². The van der Waals surface area contributed by atoms with Crippen molar-refractivity contribution in [3.8, 4) is 0 Å². The minimum Gasteiger partial charge on any atom is -0.372 e. The standard InChI is InChI=1S/C13H20ClN3OS/c1-15-12-11(14)8-10(9-17-12)13(18)16-6-4-3-5-7-19-2/h8-9H,3-7H2,1-2H3,(H,15,17)(H,16,18). The third-order valence-corrected chi connectivity index (χ3v) is 3.64. The fourth-order valence-electron chi connectivity index (χ4n) is 1.60. The third-order valence-electron chi connectivity index (χ3n) is 2.65. The van der Waals surface area contributed by atoms with Gasteiger partial charge in [-0.25, -0.2) is 4.98 Å². The van der Waals surface area contributed by atoms with Gasteiger partial charge in [0.2, 0.25) is 0 Å². The molecule has 1 amide bonds. The zero-order valence-electron chi connectivity index (χ0n) is 11.3. The summed E-state index contributed by atoms with van der Waals surface area (Å²) in [5.41, 5.74) is 0.494. The lowest BCUT2D eigenvalue weighted by atomic mass is 10.2. The molecule has 0 bridgehead atoms. The summed E-state index contributed by atoms with van der Waals surface area (Å²) in [6.45, 7) is 0.693. The number of halogens is 1. The highest BCUT2D eigenvalue weighted by Gasteiger charge is 2.08. The quantitative estimate of drug-likeness (QED) is 0.725. The molecule has 0 aliphatic heterocycles. The van der Waals surface area contributed by atoms with E-state index in [2.05, 4.69) is 21.9 Å². The van der Waals surface area contributed by atoms with Crippen LogP contribution in [0.15, 0.2) is 12.3 Å². The predicted octanol–water partition coefficient (Wildman–Crippen LogP) is 3.04. The molecule has 0 spiro atoms. The number of hydrogen-bond donors (Lipinski definition) is 2. The van der Waals surface area contributed by atoms with Gasteiger partial charge in [0.25, 0.3) is 5.91 Å². The molecule has 19 heavy (non-hydrogen) atoms. The second-order valence-corrected chi connectivity index (χ2v) is 5.51. The lowest BCUT2D eigenvalue weighted by molar-refractivity contribution is 0.0952. The van der Waals surface area contributed by atoms with E-state index in [1.165, 1.54) is 18.4 Å². The molecule has 2 N–H and O–H groups in total. The van der Waals surface area contributed by atoms with Gasteiger partial charge in [0, 0.05) is 19.8 Å². The van der Waals surface area contributed by atoms with Gasteiger partial charge in [-0.2, -0.15) is 11.8 Å². The lowest BCUT2D eigenvalue weighted by Gasteiger charge is -2.07. The molecule has 1 rings (SSSR count). The summed E-state index contributed by atoms with van der Waals surface area (Å²) in [6.07, 6.45) is 6.97. The molecule has 0 atom stereocenters. The lowest BCUT2D eigenvalue weighted by Crippen LogP contribution is -2.24. The van der Waals surface area contributed by atoms with E-state index in [0.717, 1.165) is 12.8 Å². The molecule has 0 aromatic carbocycles. The number of amides is 1. The fraction of sp³-hybridized carbons (Fsp3) is 0.538. The number of aromatic nitrogens is 1. The normalized spacial score (nSPS) is 10.3. The molecule has 0 saturated carbocycles. The topological polar surface area (TPSA) is 54.0 Å². The second-order valence-electron chi connectivity index (χ2n) is 4.11. The average Bonchev–Trinajstić information content (AvgIpc) is 2.42. The van der Waals surface area contributed by atoms with E-state index < -0.39 is 0 Å². The van der Waals surface area contributed by atoms with Crippen LogP contribution in [0, 0.1) is 0 Å². The first kappa shape index (κ1) is 16.1. The van der Waals surface area contributed by atoms with E-state index in [1.54, 1.807) is 13.1 Å². The zero-order chi connectivity index (χ0) is 14.1. The summed E-state index contributed by atoms with van der Waals surface area (Å²) in [7, 11) is 1.74. The maximum absolute atomic E-state index is 11.9. The van der Waals surface area contributed by atoms with Crippen molar-refractivity contribution in [3.63, 3.8) is 0 Å². The van der Waals surface area contributed by atoms with Gasteiger partial charge in [-0.15, -0.1) is 0 Å². The number of carbonyl (C=O) groups is 1. The molecule has 106 valence electrons. The SMILES string of the molecule is CNc1ncc(C(=O)NCCCCCSC)cc1Cl. The number of unbranched alkanes of at least 4 members (excludes halogenated alkanes) is 2. The first-order chi connectivity index (χ1) is 9.19. The molecule has 4 nitrogen and oxygen atoms in total. The fourth-order valence-corrected chi connectivity index (χ4v) is 2.35. The summed E-state index contributed by atoms with van der Waals surface area (Å²) in [5.74, 6) is 1.64. The Labute approximate surface area is 123 Å². The van der Waals surface area contributed by atoms with Crippen molar-refractivity contribution in [1.82, 2.24) is 10.3 Å². The number of pyridine rings is 1. The van der Waals surface area contributed by atoms with Gasteiger partial charge in [-0.3, -0.25) is 4.79 Å². The Balaban J connectivity index is 2.35. The van der Waals surface area contributed by atoms with Crippen LogP contribution in [0.3, 0.4) is 0 Å². The Morgan fingerprint density at radius 2 is 2.21 bits per heavy atom. The van der Waals surface area contributed by atoms with E-state index in [1.807, 2.05) is 11.8 Å². The summed E-state index contributed by atoms with van der Waals surface area (Å²) >= 11 is 7.84. The maximum atomic E-state index is 11.9. The van der Waals surface area contributed by atoms with E-state index >= 15 is 0 Å². The number of nitrogens with one attached hydrogen (secondary N) is 2. The van der Waals surface area contributed by atoms with Crippen LogP contribution in [0.5, 0.6) is 0 Å². The Morgan fingerprint density at radius 1 is 1.42 bits per heavy atom. The highest BCUT2D eigenvalue weighted by Crippen LogP contribution is 2.19. The van der Waals surface area contributed by atoms with Crippen molar-refractivity contribution in [1.29, 1.82) is 0 Å². The Bertz CT molecular complexity index is 415. The number of anilines is 1. The average molecular weight is 302 g/mol. The molecule has 1 aromatic heterocycles. The summed E-state index contributed by atoms with van der Waals surface area (Å²) in [5, 5.41) is 6.19. The highest BCUT2D eigenvalue weighted by atomic mass is 35.5. The predicted molar refractivity (Wildman–Crippen MR) is 83.4 cm³/mol. The van der Waals surface area contributed by atoms with Crippen LogP contribution < -0.4 is 10.6 Å². The highest BCUT2D eigenvalue weighted by molar-refractivity contribution is 7.98.